The number of aliphatic hydroxyl groups is 1. The quantitative estimate of drug-likeness (QED) is 0.869. The third-order valence-electron chi connectivity index (χ3n) is 2.88. The fraction of sp³-hybridized carbons (Fsp3) is 0.267. The summed E-state index contributed by atoms with van der Waals surface area (Å²) in [6.45, 7) is 3.48. The molecular weight excluding hydrogens is 226 g/mol. The zero-order chi connectivity index (χ0) is 13.2. The van der Waals surface area contributed by atoms with Crippen LogP contribution in [-0.2, 0) is 0 Å². The first-order chi connectivity index (χ1) is 8.53. The summed E-state index contributed by atoms with van der Waals surface area (Å²) in [5, 5.41) is 14.0. The van der Waals surface area contributed by atoms with Gasteiger partial charge in [-0.15, -0.1) is 0 Å². The van der Waals surface area contributed by atoms with E-state index in [4.69, 9.17) is 0 Å². The van der Waals surface area contributed by atoms with Crippen LogP contribution in [0.15, 0.2) is 42.5 Å². The zero-order valence-corrected chi connectivity index (χ0v) is 10.6. The van der Waals surface area contributed by atoms with Gasteiger partial charge in [-0.1, -0.05) is 36.4 Å². The van der Waals surface area contributed by atoms with Crippen LogP contribution >= 0.6 is 0 Å². The third kappa shape index (κ3) is 2.51. The topological polar surface area (TPSA) is 49.3 Å². The molecule has 0 saturated heterocycles. The summed E-state index contributed by atoms with van der Waals surface area (Å²) in [7, 11) is 0. The van der Waals surface area contributed by atoms with Gasteiger partial charge in [0.15, 0.2) is 0 Å². The summed E-state index contributed by atoms with van der Waals surface area (Å²) in [6.07, 6.45) is 0. The lowest BCUT2D eigenvalue weighted by Crippen LogP contribution is -2.46. The van der Waals surface area contributed by atoms with E-state index in [1.165, 1.54) is 0 Å². The number of carbonyl (C=O) groups excluding carboxylic acids is 1. The number of amides is 1. The second-order valence-corrected chi connectivity index (χ2v) is 5.02. The second kappa shape index (κ2) is 4.78. The molecule has 0 aliphatic rings. The number of hydrogen-bond donors (Lipinski definition) is 2. The van der Waals surface area contributed by atoms with Crippen LogP contribution in [0, 0.1) is 0 Å². The molecule has 0 aliphatic heterocycles. The summed E-state index contributed by atoms with van der Waals surface area (Å²) in [6, 6.07) is 13.4. The van der Waals surface area contributed by atoms with Gasteiger partial charge >= 0.3 is 0 Å². The van der Waals surface area contributed by atoms with Gasteiger partial charge in [-0.25, -0.2) is 0 Å². The predicted molar refractivity (Wildman–Crippen MR) is 72.6 cm³/mol. The highest BCUT2D eigenvalue weighted by Gasteiger charge is 2.20. The Labute approximate surface area is 106 Å². The number of rotatable bonds is 3. The van der Waals surface area contributed by atoms with Crippen molar-refractivity contribution in [3.63, 3.8) is 0 Å². The maximum Gasteiger partial charge on any atom is 0.252 e. The SMILES string of the molecule is CC(C)(CO)NC(=O)c1cccc2ccccc12. The van der Waals surface area contributed by atoms with Crippen LogP contribution in [-0.4, -0.2) is 23.2 Å². The molecule has 1 amide bonds. The predicted octanol–water partition coefficient (Wildman–Crippen LogP) is 2.34. The fourth-order valence-electron chi connectivity index (χ4n) is 1.84. The molecule has 2 aromatic carbocycles. The lowest BCUT2D eigenvalue weighted by molar-refractivity contribution is 0.0871. The molecule has 0 aromatic heterocycles. The summed E-state index contributed by atoms with van der Waals surface area (Å²) in [5.41, 5.74) is 0.0169. The Morgan fingerprint density at radius 2 is 1.83 bits per heavy atom. The van der Waals surface area contributed by atoms with Crippen molar-refractivity contribution in [3.05, 3.63) is 48.0 Å². The molecule has 0 atom stereocenters. The van der Waals surface area contributed by atoms with Crippen molar-refractivity contribution in [3.8, 4) is 0 Å². The van der Waals surface area contributed by atoms with Crippen LogP contribution in [0.2, 0.25) is 0 Å². The van der Waals surface area contributed by atoms with Gasteiger partial charge in [0, 0.05) is 5.56 Å². The third-order valence-corrected chi connectivity index (χ3v) is 2.88. The van der Waals surface area contributed by atoms with Crippen molar-refractivity contribution >= 4 is 16.7 Å². The van der Waals surface area contributed by atoms with E-state index in [0.29, 0.717) is 5.56 Å². The van der Waals surface area contributed by atoms with Gasteiger partial charge < -0.3 is 10.4 Å². The molecule has 94 valence electrons. The van der Waals surface area contributed by atoms with Gasteiger partial charge in [-0.2, -0.15) is 0 Å². The van der Waals surface area contributed by atoms with Gasteiger partial charge in [0.1, 0.15) is 0 Å². The largest absolute Gasteiger partial charge is 0.394 e. The minimum Gasteiger partial charge on any atom is -0.394 e. The van der Waals surface area contributed by atoms with E-state index in [-0.39, 0.29) is 12.5 Å². The number of nitrogens with one attached hydrogen (secondary N) is 1. The highest BCUT2D eigenvalue weighted by molar-refractivity contribution is 6.07. The molecule has 2 aromatic rings. The molecule has 2 rings (SSSR count). The molecule has 0 aliphatic carbocycles. The molecule has 0 bridgehead atoms. The normalized spacial score (nSPS) is 11.5. The Kier molecular flexibility index (Phi) is 3.34. The first kappa shape index (κ1) is 12.6. The maximum absolute atomic E-state index is 12.2. The van der Waals surface area contributed by atoms with E-state index < -0.39 is 5.54 Å². The minimum absolute atomic E-state index is 0.0937. The van der Waals surface area contributed by atoms with Crippen LogP contribution in [0.4, 0.5) is 0 Å². The van der Waals surface area contributed by atoms with Crippen LogP contribution in [0.25, 0.3) is 10.8 Å². The Hall–Kier alpha value is -1.87. The van der Waals surface area contributed by atoms with Crippen molar-refractivity contribution in [2.24, 2.45) is 0 Å². The molecule has 18 heavy (non-hydrogen) atoms. The fourth-order valence-corrected chi connectivity index (χ4v) is 1.84. The summed E-state index contributed by atoms with van der Waals surface area (Å²) < 4.78 is 0. The molecule has 3 nitrogen and oxygen atoms in total. The number of fused-ring (bicyclic) bond motifs is 1. The first-order valence-corrected chi connectivity index (χ1v) is 5.95. The molecular formula is C15H17NO2. The first-order valence-electron chi connectivity index (χ1n) is 5.95. The molecule has 0 radical (unpaired) electrons. The van der Waals surface area contributed by atoms with Crippen LogP contribution < -0.4 is 5.32 Å². The highest BCUT2D eigenvalue weighted by atomic mass is 16.3. The van der Waals surface area contributed by atoms with E-state index in [1.54, 1.807) is 19.9 Å². The van der Waals surface area contributed by atoms with Gasteiger partial charge in [-0.05, 0) is 30.7 Å². The Morgan fingerprint density at radius 3 is 2.56 bits per heavy atom. The van der Waals surface area contributed by atoms with Crippen molar-refractivity contribution < 1.29 is 9.90 Å². The lowest BCUT2D eigenvalue weighted by atomic mass is 10.0. The zero-order valence-electron chi connectivity index (χ0n) is 10.6. The van der Waals surface area contributed by atoms with E-state index in [0.717, 1.165) is 10.8 Å². The Bertz CT molecular complexity index is 570. The van der Waals surface area contributed by atoms with E-state index in [1.807, 2.05) is 36.4 Å². The molecule has 0 fully saturated rings. The van der Waals surface area contributed by atoms with Gasteiger partial charge in [-0.3, -0.25) is 4.79 Å². The van der Waals surface area contributed by atoms with E-state index in [9.17, 15) is 9.90 Å². The maximum atomic E-state index is 12.2. The standard InChI is InChI=1S/C15H17NO2/c1-15(2,10-17)16-14(18)13-9-5-7-11-6-3-4-8-12(11)13/h3-9,17H,10H2,1-2H3,(H,16,18). The summed E-state index contributed by atoms with van der Waals surface area (Å²) >= 11 is 0. The Balaban J connectivity index is 2.39. The van der Waals surface area contributed by atoms with Crippen LogP contribution in [0.5, 0.6) is 0 Å². The van der Waals surface area contributed by atoms with E-state index >= 15 is 0 Å². The molecule has 0 heterocycles. The number of carbonyl (C=O) groups is 1. The average molecular weight is 243 g/mol. The highest BCUT2D eigenvalue weighted by Crippen LogP contribution is 2.19. The molecule has 3 heteroatoms. The second-order valence-electron chi connectivity index (χ2n) is 5.02. The molecule has 0 unspecified atom stereocenters. The molecule has 0 saturated carbocycles. The van der Waals surface area contributed by atoms with Gasteiger partial charge in [0.05, 0.1) is 12.1 Å². The lowest BCUT2D eigenvalue weighted by Gasteiger charge is -2.23. The van der Waals surface area contributed by atoms with E-state index in [2.05, 4.69) is 5.32 Å². The number of aliphatic hydroxyl groups excluding tert-OH is 1. The van der Waals surface area contributed by atoms with Gasteiger partial charge in [0.2, 0.25) is 0 Å². The van der Waals surface area contributed by atoms with Crippen molar-refractivity contribution in [2.75, 3.05) is 6.61 Å². The number of benzene rings is 2. The Morgan fingerprint density at radius 1 is 1.17 bits per heavy atom. The smallest absolute Gasteiger partial charge is 0.252 e. The monoisotopic (exact) mass is 243 g/mol. The summed E-state index contributed by atoms with van der Waals surface area (Å²) in [4.78, 5) is 12.2. The van der Waals surface area contributed by atoms with Gasteiger partial charge in [0.25, 0.3) is 5.91 Å². The molecule has 0 spiro atoms. The average Bonchev–Trinajstić information content (AvgIpc) is 2.37. The van der Waals surface area contributed by atoms with Crippen molar-refractivity contribution in [2.45, 2.75) is 19.4 Å². The minimum atomic E-state index is -0.617. The summed E-state index contributed by atoms with van der Waals surface area (Å²) in [5.74, 6) is -0.161. The number of hydrogen-bond acceptors (Lipinski definition) is 2. The van der Waals surface area contributed by atoms with Crippen LogP contribution in [0.3, 0.4) is 0 Å². The van der Waals surface area contributed by atoms with Crippen molar-refractivity contribution in [1.82, 2.24) is 5.32 Å². The molecule has 2 N–H and O–H groups in total. The van der Waals surface area contributed by atoms with Crippen LogP contribution in [0.1, 0.15) is 24.2 Å². The van der Waals surface area contributed by atoms with Crippen molar-refractivity contribution in [1.29, 1.82) is 0 Å².